The molecule has 0 aliphatic heterocycles. The summed E-state index contributed by atoms with van der Waals surface area (Å²) in [4.78, 5) is 12.4. The molecule has 0 radical (unpaired) electrons. The van der Waals surface area contributed by atoms with Crippen molar-refractivity contribution in [3.63, 3.8) is 0 Å². The standard InChI is InChI=1S/C16H21N3O/c1-19-15-5-3-2-4-13(15)14(18-19)10-16(20)11-6-8-12(17)9-7-11/h2-5,11-12H,6-10,17H2,1H3. The molecule has 0 unspecified atom stereocenters. The fraction of sp³-hybridized carbons (Fsp3) is 0.500. The minimum absolute atomic E-state index is 0.176. The van der Waals surface area contributed by atoms with Gasteiger partial charge in [-0.15, -0.1) is 0 Å². The van der Waals surface area contributed by atoms with Gasteiger partial charge in [0.2, 0.25) is 0 Å². The maximum atomic E-state index is 12.4. The second-order valence-corrected chi connectivity index (χ2v) is 5.84. The van der Waals surface area contributed by atoms with Crippen molar-refractivity contribution in [2.75, 3.05) is 0 Å². The number of hydrogen-bond acceptors (Lipinski definition) is 3. The highest BCUT2D eigenvalue weighted by Crippen LogP contribution is 2.26. The third kappa shape index (κ3) is 2.48. The lowest BCUT2D eigenvalue weighted by Crippen LogP contribution is -2.30. The molecule has 2 aromatic rings. The Morgan fingerprint density at radius 1 is 1.30 bits per heavy atom. The molecule has 1 heterocycles. The van der Waals surface area contributed by atoms with Crippen LogP contribution in [0.5, 0.6) is 0 Å². The number of fused-ring (bicyclic) bond motifs is 1. The van der Waals surface area contributed by atoms with Gasteiger partial charge in [0.1, 0.15) is 5.78 Å². The maximum absolute atomic E-state index is 12.4. The second-order valence-electron chi connectivity index (χ2n) is 5.84. The van der Waals surface area contributed by atoms with Gasteiger partial charge >= 0.3 is 0 Å². The van der Waals surface area contributed by atoms with E-state index in [-0.39, 0.29) is 12.0 Å². The number of carbonyl (C=O) groups is 1. The minimum Gasteiger partial charge on any atom is -0.328 e. The molecule has 4 nitrogen and oxygen atoms in total. The molecule has 1 aliphatic carbocycles. The molecule has 1 aromatic heterocycles. The van der Waals surface area contributed by atoms with E-state index in [4.69, 9.17) is 5.73 Å². The van der Waals surface area contributed by atoms with Crippen LogP contribution in [-0.2, 0) is 18.3 Å². The molecule has 1 aliphatic rings. The van der Waals surface area contributed by atoms with Crippen LogP contribution in [0.3, 0.4) is 0 Å². The Kier molecular flexibility index (Phi) is 3.57. The van der Waals surface area contributed by atoms with Crippen molar-refractivity contribution in [1.82, 2.24) is 9.78 Å². The summed E-state index contributed by atoms with van der Waals surface area (Å²) >= 11 is 0. The van der Waals surface area contributed by atoms with Crippen LogP contribution >= 0.6 is 0 Å². The first-order valence-corrected chi connectivity index (χ1v) is 7.34. The number of aryl methyl sites for hydroxylation is 1. The molecule has 3 rings (SSSR count). The van der Waals surface area contributed by atoms with E-state index in [0.29, 0.717) is 12.2 Å². The van der Waals surface area contributed by atoms with Crippen LogP contribution in [0.2, 0.25) is 0 Å². The fourth-order valence-corrected chi connectivity index (χ4v) is 3.17. The Bertz CT molecular complexity index is 624. The number of para-hydroxylation sites is 1. The molecule has 0 spiro atoms. The number of carbonyl (C=O) groups excluding carboxylic acids is 1. The smallest absolute Gasteiger partial charge is 0.142 e. The second kappa shape index (κ2) is 5.37. The summed E-state index contributed by atoms with van der Waals surface area (Å²) in [6.07, 6.45) is 4.26. The summed E-state index contributed by atoms with van der Waals surface area (Å²) in [5.41, 5.74) is 7.89. The molecule has 1 aromatic carbocycles. The van der Waals surface area contributed by atoms with Crippen LogP contribution in [0.4, 0.5) is 0 Å². The summed E-state index contributed by atoms with van der Waals surface area (Å²) < 4.78 is 1.86. The van der Waals surface area contributed by atoms with Crippen LogP contribution in [0.25, 0.3) is 10.9 Å². The van der Waals surface area contributed by atoms with E-state index in [1.807, 2.05) is 36.0 Å². The Hall–Kier alpha value is -1.68. The summed E-state index contributed by atoms with van der Waals surface area (Å²) in [6, 6.07) is 8.36. The Morgan fingerprint density at radius 2 is 2.00 bits per heavy atom. The number of benzene rings is 1. The van der Waals surface area contributed by atoms with E-state index in [9.17, 15) is 4.79 Å². The molecule has 1 saturated carbocycles. The van der Waals surface area contributed by atoms with Crippen LogP contribution in [0.1, 0.15) is 31.4 Å². The zero-order valence-corrected chi connectivity index (χ0v) is 11.9. The predicted molar refractivity (Wildman–Crippen MR) is 79.4 cm³/mol. The SMILES string of the molecule is Cn1nc(CC(=O)C2CCC(N)CC2)c2ccccc21. The van der Waals surface area contributed by atoms with Crippen molar-refractivity contribution in [2.45, 2.75) is 38.1 Å². The topological polar surface area (TPSA) is 60.9 Å². The van der Waals surface area contributed by atoms with Gasteiger partial charge in [0.25, 0.3) is 0 Å². The monoisotopic (exact) mass is 271 g/mol. The lowest BCUT2D eigenvalue weighted by atomic mass is 9.82. The predicted octanol–water partition coefficient (Wildman–Crippen LogP) is 2.20. The van der Waals surface area contributed by atoms with Gasteiger partial charge in [-0.3, -0.25) is 9.48 Å². The van der Waals surface area contributed by atoms with Crippen molar-refractivity contribution >= 4 is 16.7 Å². The molecular formula is C16H21N3O. The summed E-state index contributed by atoms with van der Waals surface area (Å²) in [5.74, 6) is 0.497. The van der Waals surface area contributed by atoms with Crippen molar-refractivity contribution in [3.05, 3.63) is 30.0 Å². The zero-order valence-electron chi connectivity index (χ0n) is 11.9. The van der Waals surface area contributed by atoms with Gasteiger partial charge in [0, 0.05) is 24.4 Å². The number of aromatic nitrogens is 2. The van der Waals surface area contributed by atoms with Gasteiger partial charge in [0.15, 0.2) is 0 Å². The van der Waals surface area contributed by atoms with Gasteiger partial charge < -0.3 is 5.73 Å². The number of nitrogens with zero attached hydrogens (tertiary/aromatic N) is 2. The van der Waals surface area contributed by atoms with Gasteiger partial charge in [-0.05, 0) is 31.7 Å². The van der Waals surface area contributed by atoms with Crippen LogP contribution < -0.4 is 5.73 Å². The first-order valence-electron chi connectivity index (χ1n) is 7.34. The third-order valence-electron chi connectivity index (χ3n) is 4.40. The summed E-state index contributed by atoms with van der Waals surface area (Å²) in [6.45, 7) is 0. The molecule has 0 atom stereocenters. The molecular weight excluding hydrogens is 250 g/mol. The van der Waals surface area contributed by atoms with E-state index in [1.54, 1.807) is 0 Å². The highest BCUT2D eigenvalue weighted by Gasteiger charge is 2.25. The summed E-state index contributed by atoms with van der Waals surface area (Å²) in [5, 5.41) is 5.60. The maximum Gasteiger partial charge on any atom is 0.142 e. The van der Waals surface area contributed by atoms with Crippen LogP contribution in [0, 0.1) is 5.92 Å². The molecule has 0 saturated heterocycles. The highest BCUT2D eigenvalue weighted by molar-refractivity contribution is 5.89. The first-order chi connectivity index (χ1) is 9.65. The van der Waals surface area contributed by atoms with Crippen molar-refractivity contribution < 1.29 is 4.79 Å². The largest absolute Gasteiger partial charge is 0.328 e. The zero-order chi connectivity index (χ0) is 14.1. The highest BCUT2D eigenvalue weighted by atomic mass is 16.1. The van der Waals surface area contributed by atoms with Crippen molar-refractivity contribution in [3.8, 4) is 0 Å². The molecule has 106 valence electrons. The average molecular weight is 271 g/mol. The van der Waals surface area contributed by atoms with Crippen molar-refractivity contribution in [1.29, 1.82) is 0 Å². The molecule has 4 heteroatoms. The molecule has 1 fully saturated rings. The van der Waals surface area contributed by atoms with E-state index >= 15 is 0 Å². The molecule has 0 bridgehead atoms. The Balaban J connectivity index is 1.78. The molecule has 20 heavy (non-hydrogen) atoms. The Morgan fingerprint density at radius 3 is 2.75 bits per heavy atom. The van der Waals surface area contributed by atoms with E-state index in [1.165, 1.54) is 0 Å². The fourth-order valence-electron chi connectivity index (χ4n) is 3.17. The number of rotatable bonds is 3. The number of nitrogens with two attached hydrogens (primary N) is 1. The van der Waals surface area contributed by atoms with Crippen LogP contribution in [0.15, 0.2) is 24.3 Å². The van der Waals surface area contributed by atoms with Gasteiger partial charge in [-0.2, -0.15) is 5.10 Å². The number of ketones is 1. The lowest BCUT2D eigenvalue weighted by molar-refractivity contribution is -0.123. The van der Waals surface area contributed by atoms with E-state index < -0.39 is 0 Å². The van der Waals surface area contributed by atoms with Crippen molar-refractivity contribution in [2.24, 2.45) is 18.7 Å². The molecule has 2 N–H and O–H groups in total. The molecule has 0 amide bonds. The first kappa shape index (κ1) is 13.3. The van der Waals surface area contributed by atoms with Gasteiger partial charge in [0.05, 0.1) is 17.6 Å². The normalized spacial score (nSPS) is 23.1. The number of hydrogen-bond donors (Lipinski definition) is 1. The van der Waals surface area contributed by atoms with Crippen LogP contribution in [-0.4, -0.2) is 21.6 Å². The van der Waals surface area contributed by atoms with E-state index in [2.05, 4.69) is 5.10 Å². The average Bonchev–Trinajstić information content (AvgIpc) is 2.77. The minimum atomic E-state index is 0.176. The van der Waals surface area contributed by atoms with E-state index in [0.717, 1.165) is 42.3 Å². The number of Topliss-reactive ketones (excluding diaryl/α,β-unsaturated/α-hetero) is 1. The third-order valence-corrected chi connectivity index (χ3v) is 4.40. The quantitative estimate of drug-likeness (QED) is 0.931. The van der Waals surface area contributed by atoms with Gasteiger partial charge in [-0.1, -0.05) is 18.2 Å². The Labute approximate surface area is 119 Å². The lowest BCUT2D eigenvalue weighted by Gasteiger charge is -2.24. The van der Waals surface area contributed by atoms with Gasteiger partial charge in [-0.25, -0.2) is 0 Å². The summed E-state index contributed by atoms with van der Waals surface area (Å²) in [7, 11) is 1.93.